The van der Waals surface area contributed by atoms with Crippen LogP contribution >= 0.6 is 0 Å². The highest BCUT2D eigenvalue weighted by Gasteiger charge is 2.49. The van der Waals surface area contributed by atoms with Crippen molar-refractivity contribution in [2.24, 2.45) is 17.6 Å². The molecule has 5 rings (SSSR count). The van der Waals surface area contributed by atoms with Gasteiger partial charge in [0, 0.05) is 36.8 Å². The largest absolute Gasteiger partial charge is 0.370 e. The lowest BCUT2D eigenvalue weighted by Crippen LogP contribution is -2.50. The molecule has 2 aliphatic heterocycles. The topological polar surface area (TPSA) is 84.7 Å². The highest BCUT2D eigenvalue weighted by Crippen LogP contribution is 2.42. The number of hydrogen-bond donors (Lipinski definition) is 2. The first-order valence-corrected chi connectivity index (χ1v) is 12.4. The van der Waals surface area contributed by atoms with Crippen molar-refractivity contribution in [1.82, 2.24) is 9.62 Å². The van der Waals surface area contributed by atoms with E-state index in [1.807, 2.05) is 0 Å². The SMILES string of the molecule is N[C@H]1C[C@@H](NC2CC3CN(S(=O)(=O)C4CC4)CC3C2)CO[C@@H]1c1cc(F)ccc1F. The smallest absolute Gasteiger partial charge is 0.216 e. The molecule has 6 nitrogen and oxygen atoms in total. The average molecular weight is 442 g/mol. The van der Waals surface area contributed by atoms with Gasteiger partial charge < -0.3 is 15.8 Å². The molecule has 0 amide bonds. The van der Waals surface area contributed by atoms with Crippen molar-refractivity contribution in [1.29, 1.82) is 0 Å². The Bertz CT molecular complexity index is 897. The molecule has 1 aromatic carbocycles. The van der Waals surface area contributed by atoms with Gasteiger partial charge in [-0.2, -0.15) is 0 Å². The number of sulfonamides is 1. The van der Waals surface area contributed by atoms with E-state index in [0.717, 1.165) is 43.9 Å². The molecule has 0 bridgehead atoms. The molecular weight excluding hydrogens is 412 g/mol. The van der Waals surface area contributed by atoms with Crippen LogP contribution in [0.5, 0.6) is 0 Å². The minimum Gasteiger partial charge on any atom is -0.370 e. The summed E-state index contributed by atoms with van der Waals surface area (Å²) >= 11 is 0. The first-order chi connectivity index (χ1) is 14.3. The highest BCUT2D eigenvalue weighted by molar-refractivity contribution is 7.90. The van der Waals surface area contributed by atoms with Gasteiger partial charge in [-0.3, -0.25) is 0 Å². The minimum atomic E-state index is -3.08. The standard InChI is InChI=1S/C21H29F2N3O3S/c22-14-1-4-19(23)18(7-14)21-20(24)8-16(11-29-21)25-15-5-12-9-26(10-13(12)6-15)30(27,28)17-2-3-17/h1,4,7,12-13,15-17,20-21,25H,2-3,5-6,8-11,24H2/t12?,13?,15?,16-,20+,21-/m1/s1. The molecule has 4 aliphatic rings. The molecule has 0 spiro atoms. The normalized spacial score (nSPS) is 37.4. The Morgan fingerprint density at radius 3 is 2.40 bits per heavy atom. The fourth-order valence-electron chi connectivity index (χ4n) is 5.54. The number of fused-ring (bicyclic) bond motifs is 1. The van der Waals surface area contributed by atoms with Gasteiger partial charge >= 0.3 is 0 Å². The summed E-state index contributed by atoms with van der Waals surface area (Å²) in [6, 6.07) is 3.30. The predicted octanol–water partition coefficient (Wildman–Crippen LogP) is 1.91. The molecule has 2 saturated heterocycles. The number of ether oxygens (including phenoxy) is 1. The first kappa shape index (κ1) is 20.8. The van der Waals surface area contributed by atoms with Crippen LogP contribution in [-0.4, -0.2) is 55.8 Å². The number of halogens is 2. The molecule has 30 heavy (non-hydrogen) atoms. The van der Waals surface area contributed by atoms with E-state index in [9.17, 15) is 17.2 Å². The number of nitrogens with one attached hydrogen (secondary N) is 1. The molecule has 4 fully saturated rings. The molecule has 9 heteroatoms. The van der Waals surface area contributed by atoms with Crippen LogP contribution in [0.3, 0.4) is 0 Å². The van der Waals surface area contributed by atoms with Gasteiger partial charge in [0.05, 0.1) is 11.9 Å². The summed E-state index contributed by atoms with van der Waals surface area (Å²) in [5.74, 6) is -0.193. The first-order valence-electron chi connectivity index (χ1n) is 10.9. The molecule has 2 aliphatic carbocycles. The van der Waals surface area contributed by atoms with Crippen molar-refractivity contribution in [2.75, 3.05) is 19.7 Å². The summed E-state index contributed by atoms with van der Waals surface area (Å²) in [6.45, 7) is 1.68. The maximum Gasteiger partial charge on any atom is 0.216 e. The fourth-order valence-corrected chi connectivity index (χ4v) is 7.50. The Labute approximate surface area is 176 Å². The van der Waals surface area contributed by atoms with Crippen LogP contribution < -0.4 is 11.1 Å². The molecule has 0 radical (unpaired) electrons. The van der Waals surface area contributed by atoms with Crippen molar-refractivity contribution in [3.63, 3.8) is 0 Å². The molecule has 2 saturated carbocycles. The van der Waals surface area contributed by atoms with Gasteiger partial charge in [0.2, 0.25) is 10.0 Å². The van der Waals surface area contributed by atoms with Crippen LogP contribution in [0.15, 0.2) is 18.2 Å². The minimum absolute atomic E-state index is 0.0583. The number of hydrogen-bond acceptors (Lipinski definition) is 5. The van der Waals surface area contributed by atoms with Gasteiger partial charge in [-0.25, -0.2) is 21.5 Å². The maximum absolute atomic E-state index is 14.1. The van der Waals surface area contributed by atoms with Gasteiger partial charge in [-0.1, -0.05) is 0 Å². The fraction of sp³-hybridized carbons (Fsp3) is 0.714. The maximum atomic E-state index is 14.1. The molecule has 2 heterocycles. The monoisotopic (exact) mass is 441 g/mol. The number of benzene rings is 1. The average Bonchev–Trinajstić information content (AvgIpc) is 3.38. The molecule has 5 atom stereocenters. The molecule has 166 valence electrons. The van der Waals surface area contributed by atoms with Gasteiger partial charge in [-0.05, 0) is 62.1 Å². The number of nitrogens with zero attached hydrogens (tertiary/aromatic N) is 1. The van der Waals surface area contributed by atoms with Gasteiger partial charge in [-0.15, -0.1) is 0 Å². The summed E-state index contributed by atoms with van der Waals surface area (Å²) in [7, 11) is -3.08. The predicted molar refractivity (Wildman–Crippen MR) is 108 cm³/mol. The van der Waals surface area contributed by atoms with E-state index in [2.05, 4.69) is 5.32 Å². The molecular formula is C21H29F2N3O3S. The summed E-state index contributed by atoms with van der Waals surface area (Å²) in [5, 5.41) is 3.49. The summed E-state index contributed by atoms with van der Waals surface area (Å²) in [5.41, 5.74) is 6.43. The van der Waals surface area contributed by atoms with Crippen LogP contribution in [0.2, 0.25) is 0 Å². The highest BCUT2D eigenvalue weighted by atomic mass is 32.2. The van der Waals surface area contributed by atoms with Crippen molar-refractivity contribution >= 4 is 10.0 Å². The Balaban J connectivity index is 1.14. The van der Waals surface area contributed by atoms with Gasteiger partial charge in [0.15, 0.2) is 0 Å². The summed E-state index contributed by atoms with van der Waals surface area (Å²) in [6.07, 6.45) is 3.49. The van der Waals surface area contributed by atoms with Crippen molar-refractivity contribution < 1.29 is 21.9 Å². The van der Waals surface area contributed by atoms with Crippen molar-refractivity contribution in [3.8, 4) is 0 Å². The zero-order chi connectivity index (χ0) is 21.0. The molecule has 2 unspecified atom stereocenters. The van der Waals surface area contributed by atoms with Crippen LogP contribution in [0.4, 0.5) is 8.78 Å². The van der Waals surface area contributed by atoms with Gasteiger partial charge in [0.1, 0.15) is 17.7 Å². The Hall–Kier alpha value is -1.13. The van der Waals surface area contributed by atoms with Crippen LogP contribution in [-0.2, 0) is 14.8 Å². The lowest BCUT2D eigenvalue weighted by atomic mass is 9.93. The van der Waals surface area contributed by atoms with E-state index < -0.39 is 33.8 Å². The third kappa shape index (κ3) is 3.90. The zero-order valence-electron chi connectivity index (χ0n) is 16.8. The lowest BCUT2D eigenvalue weighted by Gasteiger charge is -2.36. The van der Waals surface area contributed by atoms with E-state index in [4.69, 9.17) is 10.5 Å². The van der Waals surface area contributed by atoms with Crippen LogP contribution in [0, 0.1) is 23.5 Å². The summed E-state index contributed by atoms with van der Waals surface area (Å²) in [4.78, 5) is 0. The van der Waals surface area contributed by atoms with E-state index in [0.29, 0.717) is 44.0 Å². The van der Waals surface area contributed by atoms with E-state index >= 15 is 0 Å². The quantitative estimate of drug-likeness (QED) is 0.729. The van der Waals surface area contributed by atoms with Crippen LogP contribution in [0.25, 0.3) is 0 Å². The van der Waals surface area contributed by atoms with Crippen molar-refractivity contribution in [2.45, 2.75) is 61.6 Å². The van der Waals surface area contributed by atoms with Gasteiger partial charge in [0.25, 0.3) is 0 Å². The number of nitrogens with two attached hydrogens (primary N) is 1. The Morgan fingerprint density at radius 2 is 1.77 bits per heavy atom. The molecule has 0 aromatic heterocycles. The molecule has 1 aromatic rings. The molecule has 3 N–H and O–H groups in total. The van der Waals surface area contributed by atoms with Crippen molar-refractivity contribution in [3.05, 3.63) is 35.4 Å². The number of rotatable bonds is 5. The second-order valence-corrected chi connectivity index (χ2v) is 11.6. The lowest BCUT2D eigenvalue weighted by molar-refractivity contribution is -0.0224. The summed E-state index contributed by atoms with van der Waals surface area (Å²) < 4.78 is 60.1. The Kier molecular flexibility index (Phi) is 5.38. The van der Waals surface area contributed by atoms with E-state index in [1.165, 1.54) is 0 Å². The second-order valence-electron chi connectivity index (χ2n) is 9.43. The Morgan fingerprint density at radius 1 is 1.07 bits per heavy atom. The van der Waals surface area contributed by atoms with Crippen LogP contribution in [0.1, 0.15) is 43.8 Å². The van der Waals surface area contributed by atoms with E-state index in [-0.39, 0.29) is 16.9 Å². The third-order valence-corrected chi connectivity index (χ3v) is 9.51. The third-order valence-electron chi connectivity index (χ3n) is 7.18. The second kappa shape index (κ2) is 7.78. The van der Waals surface area contributed by atoms with E-state index in [1.54, 1.807) is 4.31 Å². The zero-order valence-corrected chi connectivity index (χ0v) is 17.7.